The number of hydrogen-bond acceptors (Lipinski definition) is 0. The Kier molecular flexibility index (Phi) is 3.84. The van der Waals surface area contributed by atoms with Gasteiger partial charge in [-0.25, -0.2) is 0 Å². The fourth-order valence-electron chi connectivity index (χ4n) is 5.00. The van der Waals surface area contributed by atoms with Crippen molar-refractivity contribution in [2.24, 2.45) is 0 Å². The quantitative estimate of drug-likeness (QED) is 0.528. The molecule has 0 spiro atoms. The van der Waals surface area contributed by atoms with E-state index in [9.17, 15) is 0 Å². The minimum atomic E-state index is 0.803. The molecule has 1 saturated heterocycles. The van der Waals surface area contributed by atoms with Gasteiger partial charge in [-0.2, -0.15) is 0 Å². The van der Waals surface area contributed by atoms with Crippen LogP contribution in [0.15, 0.2) is 54.6 Å². The lowest BCUT2D eigenvalue weighted by Crippen LogP contribution is -3.17. The van der Waals surface area contributed by atoms with Crippen LogP contribution < -0.4 is 9.80 Å². The van der Waals surface area contributed by atoms with Crippen LogP contribution in [-0.4, -0.2) is 33.2 Å². The van der Waals surface area contributed by atoms with Gasteiger partial charge < -0.3 is 9.80 Å². The van der Waals surface area contributed by atoms with E-state index in [1.807, 2.05) is 0 Å². The zero-order valence-corrected chi connectivity index (χ0v) is 15.8. The van der Waals surface area contributed by atoms with Crippen molar-refractivity contribution in [2.45, 2.75) is 25.4 Å². The lowest BCUT2D eigenvalue weighted by atomic mass is 9.91. The summed E-state index contributed by atoms with van der Waals surface area (Å²) >= 11 is 0. The van der Waals surface area contributed by atoms with Crippen LogP contribution in [0.2, 0.25) is 0 Å². The maximum atomic E-state index is 2.39. The number of likely N-dealkylation sites (tertiary alicyclic amines) is 1. The fraction of sp³-hybridized carbons (Fsp3) is 0.333. The van der Waals surface area contributed by atoms with E-state index in [0.717, 1.165) is 12.6 Å². The minimum Gasteiger partial charge on any atom is -0.337 e. The molecular formula is C24H28N2+2. The molecule has 0 aliphatic carbocycles. The Labute approximate surface area is 155 Å². The first kappa shape index (κ1) is 16.0. The first-order valence-electron chi connectivity index (χ1n) is 10.00. The third-order valence-corrected chi connectivity index (χ3v) is 6.62. The fourth-order valence-corrected chi connectivity index (χ4v) is 5.00. The van der Waals surface area contributed by atoms with Crippen LogP contribution in [0.25, 0.3) is 32.3 Å². The average molecular weight is 345 g/mol. The molecule has 5 rings (SSSR count). The average Bonchev–Trinajstić information content (AvgIpc) is 2.67. The molecule has 0 radical (unpaired) electrons. The summed E-state index contributed by atoms with van der Waals surface area (Å²) < 4.78 is 0. The highest BCUT2D eigenvalue weighted by molar-refractivity contribution is 6.23. The van der Waals surface area contributed by atoms with E-state index in [1.165, 1.54) is 63.8 Å². The zero-order chi connectivity index (χ0) is 17.7. The van der Waals surface area contributed by atoms with Crippen LogP contribution in [0.5, 0.6) is 0 Å². The lowest BCUT2D eigenvalue weighted by Gasteiger charge is -2.31. The Bertz CT molecular complexity index is 1040. The van der Waals surface area contributed by atoms with Gasteiger partial charge >= 0.3 is 0 Å². The smallest absolute Gasteiger partial charge is 0.103 e. The topological polar surface area (TPSA) is 8.88 Å². The summed E-state index contributed by atoms with van der Waals surface area (Å²) in [6.45, 7) is 3.76. The van der Waals surface area contributed by atoms with E-state index in [0.29, 0.717) is 0 Å². The van der Waals surface area contributed by atoms with Crippen molar-refractivity contribution < 1.29 is 9.80 Å². The maximum Gasteiger partial charge on any atom is 0.103 e. The second kappa shape index (κ2) is 6.22. The van der Waals surface area contributed by atoms with Crippen molar-refractivity contribution in [3.8, 4) is 0 Å². The summed E-state index contributed by atoms with van der Waals surface area (Å²) in [6.07, 6.45) is 2.70. The van der Waals surface area contributed by atoms with E-state index < -0.39 is 0 Å². The van der Waals surface area contributed by atoms with Crippen LogP contribution in [-0.2, 0) is 6.54 Å². The van der Waals surface area contributed by atoms with Gasteiger partial charge in [-0.3, -0.25) is 0 Å². The Morgan fingerprint density at radius 3 is 2.19 bits per heavy atom. The van der Waals surface area contributed by atoms with Gasteiger partial charge in [0.15, 0.2) is 0 Å². The molecule has 0 aromatic heterocycles. The third-order valence-electron chi connectivity index (χ3n) is 6.62. The standard InChI is InChI=1S/C24H26N2/c1-25-14-12-21(13-15-25)26(2)16-20-9-8-19-7-6-17-4-3-5-18-10-11-22(20)24(19)23(17)18/h3-11,21H,12-16H2,1-2H3/p+2. The normalized spacial score (nSPS) is 22.4. The molecule has 1 unspecified atom stereocenters. The zero-order valence-electron chi connectivity index (χ0n) is 15.8. The van der Waals surface area contributed by atoms with Gasteiger partial charge in [0.25, 0.3) is 0 Å². The summed E-state index contributed by atoms with van der Waals surface area (Å²) in [7, 11) is 4.72. The second-order valence-corrected chi connectivity index (χ2v) is 8.34. The van der Waals surface area contributed by atoms with E-state index in [4.69, 9.17) is 0 Å². The van der Waals surface area contributed by atoms with Crippen molar-refractivity contribution in [1.29, 1.82) is 0 Å². The van der Waals surface area contributed by atoms with Crippen LogP contribution in [0, 0.1) is 0 Å². The van der Waals surface area contributed by atoms with Gasteiger partial charge in [-0.1, -0.05) is 54.6 Å². The Morgan fingerprint density at radius 1 is 0.846 bits per heavy atom. The largest absolute Gasteiger partial charge is 0.337 e. The number of piperidine rings is 1. The van der Waals surface area contributed by atoms with Crippen LogP contribution in [0.1, 0.15) is 18.4 Å². The van der Waals surface area contributed by atoms with Gasteiger partial charge in [-0.05, 0) is 32.3 Å². The van der Waals surface area contributed by atoms with E-state index >= 15 is 0 Å². The van der Waals surface area contributed by atoms with Gasteiger partial charge in [-0.15, -0.1) is 0 Å². The van der Waals surface area contributed by atoms with Crippen molar-refractivity contribution >= 4 is 32.3 Å². The highest BCUT2D eigenvalue weighted by atomic mass is 15.2. The third kappa shape index (κ3) is 2.56. The molecule has 26 heavy (non-hydrogen) atoms. The van der Waals surface area contributed by atoms with Crippen LogP contribution in [0.3, 0.4) is 0 Å². The second-order valence-electron chi connectivity index (χ2n) is 8.34. The lowest BCUT2D eigenvalue weighted by molar-refractivity contribution is -0.948. The first-order valence-corrected chi connectivity index (χ1v) is 10.00. The summed E-state index contributed by atoms with van der Waals surface area (Å²) in [6, 6.07) is 21.4. The molecule has 0 bridgehead atoms. The molecule has 2 nitrogen and oxygen atoms in total. The number of benzene rings is 4. The molecule has 1 heterocycles. The summed E-state index contributed by atoms with van der Waals surface area (Å²) in [5, 5.41) is 8.43. The molecule has 1 aliphatic rings. The predicted octanol–water partition coefficient (Wildman–Crippen LogP) is 2.28. The van der Waals surface area contributed by atoms with Gasteiger partial charge in [0, 0.05) is 18.4 Å². The molecule has 1 fully saturated rings. The summed E-state index contributed by atoms with van der Waals surface area (Å²) in [4.78, 5) is 3.37. The molecule has 0 saturated carbocycles. The molecule has 4 aromatic carbocycles. The van der Waals surface area contributed by atoms with E-state index in [1.54, 1.807) is 9.80 Å². The van der Waals surface area contributed by atoms with E-state index in [-0.39, 0.29) is 0 Å². The van der Waals surface area contributed by atoms with Crippen molar-refractivity contribution in [1.82, 2.24) is 0 Å². The molecule has 4 aromatic rings. The van der Waals surface area contributed by atoms with Crippen molar-refractivity contribution in [3.05, 3.63) is 60.2 Å². The monoisotopic (exact) mass is 344 g/mol. The van der Waals surface area contributed by atoms with E-state index in [2.05, 4.69) is 68.7 Å². The minimum absolute atomic E-state index is 0.803. The Morgan fingerprint density at radius 2 is 1.46 bits per heavy atom. The molecule has 2 heteroatoms. The molecule has 0 amide bonds. The van der Waals surface area contributed by atoms with Gasteiger partial charge in [0.05, 0.1) is 33.2 Å². The Hall–Kier alpha value is -2.16. The number of hydrogen-bond donors (Lipinski definition) is 2. The molecular weight excluding hydrogens is 316 g/mol. The highest BCUT2D eigenvalue weighted by Gasteiger charge is 2.26. The van der Waals surface area contributed by atoms with Crippen LogP contribution >= 0.6 is 0 Å². The van der Waals surface area contributed by atoms with Gasteiger partial charge in [0.1, 0.15) is 6.54 Å². The van der Waals surface area contributed by atoms with Gasteiger partial charge in [0.2, 0.25) is 0 Å². The van der Waals surface area contributed by atoms with Crippen molar-refractivity contribution in [3.63, 3.8) is 0 Å². The van der Waals surface area contributed by atoms with Crippen molar-refractivity contribution in [2.75, 3.05) is 27.2 Å². The molecule has 1 atom stereocenters. The molecule has 1 aliphatic heterocycles. The number of nitrogens with one attached hydrogen (secondary N) is 2. The molecule has 132 valence electrons. The first-order chi connectivity index (χ1) is 12.7. The van der Waals surface area contributed by atoms with Crippen LogP contribution in [0.4, 0.5) is 0 Å². The highest BCUT2D eigenvalue weighted by Crippen LogP contribution is 2.35. The predicted molar refractivity (Wildman–Crippen MR) is 110 cm³/mol. The number of quaternary nitrogens is 2. The number of rotatable bonds is 3. The molecule has 2 N–H and O–H groups in total. The maximum absolute atomic E-state index is 2.39. The summed E-state index contributed by atoms with van der Waals surface area (Å²) in [5.41, 5.74) is 1.50. The summed E-state index contributed by atoms with van der Waals surface area (Å²) in [5.74, 6) is 0. The Balaban J connectivity index is 1.58. The SMILES string of the molecule is C[NH+]1CCC([NH+](C)Cc2ccc3ccc4cccc5ccc2c3c45)CC1.